The predicted molar refractivity (Wildman–Crippen MR) is 78.8 cm³/mol. The van der Waals surface area contributed by atoms with Gasteiger partial charge < -0.3 is 9.64 Å². The summed E-state index contributed by atoms with van der Waals surface area (Å²) >= 11 is 0. The minimum absolute atomic E-state index is 0.182. The van der Waals surface area contributed by atoms with Crippen LogP contribution in [0.3, 0.4) is 0 Å². The number of carbonyl (C=O) groups excluding carboxylic acids is 1. The number of hydrogen-bond acceptors (Lipinski definition) is 5. The van der Waals surface area contributed by atoms with Crippen LogP contribution >= 0.6 is 0 Å². The fourth-order valence-corrected chi connectivity index (χ4v) is 2.17. The summed E-state index contributed by atoms with van der Waals surface area (Å²) in [6.45, 7) is 2.69. The van der Waals surface area contributed by atoms with Gasteiger partial charge in [-0.3, -0.25) is 4.79 Å². The highest BCUT2D eigenvalue weighted by molar-refractivity contribution is 5.93. The van der Waals surface area contributed by atoms with Crippen LogP contribution < -0.4 is 4.90 Å². The van der Waals surface area contributed by atoms with Gasteiger partial charge in [-0.05, 0) is 13.3 Å². The Balaban J connectivity index is 2.16. The number of anilines is 1. The molecule has 0 fully saturated rings. The number of rotatable bonds is 5. The maximum atomic E-state index is 11.1. The highest BCUT2D eigenvalue weighted by Gasteiger charge is 2.11. The number of aromatic nitrogens is 2. The van der Waals surface area contributed by atoms with Crippen LogP contribution in [0.25, 0.3) is 10.8 Å². The highest BCUT2D eigenvalue weighted by Crippen LogP contribution is 2.24. The minimum Gasteiger partial charge on any atom is -0.469 e. The van der Waals surface area contributed by atoms with E-state index in [1.807, 2.05) is 43.1 Å². The third kappa shape index (κ3) is 3.04. The molecule has 0 unspecified atom stereocenters. The predicted octanol–water partition coefficient (Wildman–Crippen LogP) is 2.33. The monoisotopic (exact) mass is 273 g/mol. The summed E-state index contributed by atoms with van der Waals surface area (Å²) in [5.41, 5.74) is 0.923. The number of benzene rings is 1. The molecule has 1 aromatic heterocycles. The molecule has 0 spiro atoms. The van der Waals surface area contributed by atoms with Crippen molar-refractivity contribution < 1.29 is 9.53 Å². The Morgan fingerprint density at radius 1 is 1.25 bits per heavy atom. The van der Waals surface area contributed by atoms with Crippen LogP contribution in [0.1, 0.15) is 18.5 Å². The smallest absolute Gasteiger partial charge is 0.305 e. The van der Waals surface area contributed by atoms with E-state index >= 15 is 0 Å². The summed E-state index contributed by atoms with van der Waals surface area (Å²) in [5.74, 6) is 0.661. The van der Waals surface area contributed by atoms with Crippen molar-refractivity contribution in [2.45, 2.75) is 19.8 Å². The third-order valence-electron chi connectivity index (χ3n) is 3.32. The molecule has 0 amide bonds. The lowest BCUT2D eigenvalue weighted by atomic mass is 10.1. The number of hydrogen-bond donors (Lipinski definition) is 0. The van der Waals surface area contributed by atoms with Crippen molar-refractivity contribution in [3.63, 3.8) is 0 Å². The quantitative estimate of drug-likeness (QED) is 0.783. The zero-order chi connectivity index (χ0) is 14.5. The average Bonchev–Trinajstić information content (AvgIpc) is 2.47. The number of nitrogens with zero attached hydrogens (tertiary/aromatic N) is 3. The average molecular weight is 273 g/mol. The molecule has 0 radical (unpaired) electrons. The van der Waals surface area contributed by atoms with Gasteiger partial charge >= 0.3 is 5.97 Å². The number of fused-ring (bicyclic) bond motifs is 1. The summed E-state index contributed by atoms with van der Waals surface area (Å²) in [5, 5.41) is 10.7. The van der Waals surface area contributed by atoms with Gasteiger partial charge in [0.05, 0.1) is 12.8 Å². The van der Waals surface area contributed by atoms with E-state index in [0.717, 1.165) is 35.2 Å². The first kappa shape index (κ1) is 14.2. The molecule has 5 nitrogen and oxygen atoms in total. The van der Waals surface area contributed by atoms with Crippen LogP contribution in [-0.2, 0) is 9.53 Å². The number of methoxy groups -OCH3 is 1. The second kappa shape index (κ2) is 6.32. The SMILES string of the molecule is COC(=O)CCCN(C)c1nnc(C)c2ccccc12. The highest BCUT2D eigenvalue weighted by atomic mass is 16.5. The molecule has 0 N–H and O–H groups in total. The van der Waals surface area contributed by atoms with Gasteiger partial charge in [-0.1, -0.05) is 24.3 Å². The van der Waals surface area contributed by atoms with Gasteiger partial charge in [0.1, 0.15) is 0 Å². The minimum atomic E-state index is -0.182. The lowest BCUT2D eigenvalue weighted by molar-refractivity contribution is -0.140. The van der Waals surface area contributed by atoms with E-state index in [9.17, 15) is 4.79 Å². The zero-order valence-corrected chi connectivity index (χ0v) is 12.1. The van der Waals surface area contributed by atoms with Gasteiger partial charge in [-0.2, -0.15) is 5.10 Å². The van der Waals surface area contributed by atoms with Crippen molar-refractivity contribution in [2.75, 3.05) is 25.6 Å². The maximum absolute atomic E-state index is 11.1. The Morgan fingerprint density at radius 3 is 2.65 bits per heavy atom. The first-order valence-corrected chi connectivity index (χ1v) is 6.63. The Labute approximate surface area is 118 Å². The number of aryl methyl sites for hydroxylation is 1. The molecule has 2 aromatic rings. The van der Waals surface area contributed by atoms with Crippen LogP contribution in [0.2, 0.25) is 0 Å². The molecule has 106 valence electrons. The molecule has 0 aliphatic heterocycles. The summed E-state index contributed by atoms with van der Waals surface area (Å²) < 4.78 is 4.64. The molecule has 2 rings (SSSR count). The van der Waals surface area contributed by atoms with E-state index < -0.39 is 0 Å². The zero-order valence-electron chi connectivity index (χ0n) is 12.1. The van der Waals surface area contributed by atoms with Crippen molar-refractivity contribution in [1.82, 2.24) is 10.2 Å². The second-order valence-electron chi connectivity index (χ2n) is 4.76. The van der Waals surface area contributed by atoms with Gasteiger partial charge in [-0.25, -0.2) is 0 Å². The van der Waals surface area contributed by atoms with E-state index in [-0.39, 0.29) is 5.97 Å². The van der Waals surface area contributed by atoms with Crippen molar-refractivity contribution >= 4 is 22.6 Å². The summed E-state index contributed by atoms with van der Waals surface area (Å²) in [6.07, 6.45) is 1.14. The fourth-order valence-electron chi connectivity index (χ4n) is 2.17. The molecule has 0 saturated carbocycles. The molecule has 0 aliphatic carbocycles. The van der Waals surface area contributed by atoms with Crippen molar-refractivity contribution in [3.05, 3.63) is 30.0 Å². The van der Waals surface area contributed by atoms with Gasteiger partial charge in [0.25, 0.3) is 0 Å². The van der Waals surface area contributed by atoms with Crippen LogP contribution in [0.5, 0.6) is 0 Å². The molecule has 20 heavy (non-hydrogen) atoms. The van der Waals surface area contributed by atoms with Crippen LogP contribution in [0.15, 0.2) is 24.3 Å². The first-order chi connectivity index (χ1) is 9.63. The van der Waals surface area contributed by atoms with Crippen LogP contribution in [-0.4, -0.2) is 36.9 Å². The molecule has 0 atom stereocenters. The first-order valence-electron chi connectivity index (χ1n) is 6.63. The molecule has 5 heteroatoms. The molecule has 1 aromatic carbocycles. The van der Waals surface area contributed by atoms with Crippen molar-refractivity contribution in [3.8, 4) is 0 Å². The maximum Gasteiger partial charge on any atom is 0.305 e. The van der Waals surface area contributed by atoms with Crippen molar-refractivity contribution in [1.29, 1.82) is 0 Å². The molecule has 1 heterocycles. The normalized spacial score (nSPS) is 10.6. The van der Waals surface area contributed by atoms with Crippen LogP contribution in [0, 0.1) is 6.92 Å². The molecule has 0 saturated heterocycles. The standard InChI is InChI=1S/C15H19N3O2/c1-11-12-7-4-5-8-13(12)15(17-16-11)18(2)10-6-9-14(19)20-3/h4-5,7-8H,6,9-10H2,1-3H3. The van der Waals surface area contributed by atoms with Gasteiger partial charge in [0.2, 0.25) is 0 Å². The Bertz CT molecular complexity index is 613. The van der Waals surface area contributed by atoms with Crippen LogP contribution in [0.4, 0.5) is 5.82 Å². The number of carbonyl (C=O) groups is 1. The lowest BCUT2D eigenvalue weighted by Gasteiger charge is -2.19. The summed E-state index contributed by atoms with van der Waals surface area (Å²) in [4.78, 5) is 13.1. The topological polar surface area (TPSA) is 55.3 Å². The van der Waals surface area contributed by atoms with E-state index in [0.29, 0.717) is 6.42 Å². The van der Waals surface area contributed by atoms with E-state index in [2.05, 4.69) is 14.9 Å². The summed E-state index contributed by atoms with van der Waals surface area (Å²) in [6, 6.07) is 8.08. The molecular formula is C15H19N3O2. The third-order valence-corrected chi connectivity index (χ3v) is 3.32. The van der Waals surface area contributed by atoms with E-state index in [1.165, 1.54) is 7.11 Å². The second-order valence-corrected chi connectivity index (χ2v) is 4.76. The Kier molecular flexibility index (Phi) is 4.50. The fraction of sp³-hybridized carbons (Fsp3) is 0.400. The lowest BCUT2D eigenvalue weighted by Crippen LogP contribution is -2.21. The Morgan fingerprint density at radius 2 is 1.95 bits per heavy atom. The molecule has 0 bridgehead atoms. The van der Waals surface area contributed by atoms with E-state index in [1.54, 1.807) is 0 Å². The largest absolute Gasteiger partial charge is 0.469 e. The number of esters is 1. The van der Waals surface area contributed by atoms with Gasteiger partial charge in [-0.15, -0.1) is 5.10 Å². The molecule has 0 aliphatic rings. The van der Waals surface area contributed by atoms with E-state index in [4.69, 9.17) is 0 Å². The molecular weight excluding hydrogens is 254 g/mol. The number of ether oxygens (including phenoxy) is 1. The van der Waals surface area contributed by atoms with Gasteiger partial charge in [0.15, 0.2) is 5.82 Å². The summed E-state index contributed by atoms with van der Waals surface area (Å²) in [7, 11) is 3.37. The Hall–Kier alpha value is -2.17. The van der Waals surface area contributed by atoms with Gasteiger partial charge in [0, 0.05) is 30.8 Å². The van der Waals surface area contributed by atoms with Crippen molar-refractivity contribution in [2.24, 2.45) is 0 Å².